The number of aryl methyl sites for hydroxylation is 1. The number of fused-ring (bicyclic) bond motifs is 1. The third-order valence-electron chi connectivity index (χ3n) is 5.38. The number of rotatable bonds is 3. The summed E-state index contributed by atoms with van der Waals surface area (Å²) in [4.78, 5) is 31.3. The van der Waals surface area contributed by atoms with Crippen LogP contribution < -0.4 is 5.69 Å². The molecule has 4 heterocycles. The number of carbonyl (C=O) groups is 1. The van der Waals surface area contributed by atoms with Crippen LogP contribution in [0.25, 0.3) is 0 Å². The highest BCUT2D eigenvalue weighted by Crippen LogP contribution is 2.31. The molecule has 0 aromatic carbocycles. The van der Waals surface area contributed by atoms with E-state index in [9.17, 15) is 22.8 Å². The Labute approximate surface area is 169 Å². The molecule has 156 valence electrons. The lowest BCUT2D eigenvalue weighted by molar-refractivity contribution is -0.138. The number of hydrogen-bond acceptors (Lipinski definition) is 4. The molecule has 0 bridgehead atoms. The molecule has 11 heteroatoms. The molecule has 2 aliphatic rings. The third-order valence-corrected chi connectivity index (χ3v) is 5.71. The number of likely N-dealkylation sites (tertiary alicyclic amines) is 1. The van der Waals surface area contributed by atoms with Gasteiger partial charge >= 0.3 is 11.9 Å². The van der Waals surface area contributed by atoms with Gasteiger partial charge in [0.2, 0.25) is 5.91 Å². The van der Waals surface area contributed by atoms with E-state index in [1.165, 1.54) is 4.57 Å². The quantitative estimate of drug-likeness (QED) is 0.752. The van der Waals surface area contributed by atoms with Crippen molar-refractivity contribution < 1.29 is 18.0 Å². The average Bonchev–Trinajstić information content (AvgIpc) is 3.31. The van der Waals surface area contributed by atoms with Gasteiger partial charge in [-0.15, -0.1) is 0 Å². The second-order valence-electron chi connectivity index (χ2n) is 7.32. The van der Waals surface area contributed by atoms with E-state index in [2.05, 4.69) is 10.1 Å². The summed E-state index contributed by atoms with van der Waals surface area (Å²) in [5.74, 6) is 0.428. The molecule has 2 aliphatic heterocycles. The van der Waals surface area contributed by atoms with Gasteiger partial charge in [0, 0.05) is 25.7 Å². The molecule has 2 aromatic rings. The minimum atomic E-state index is -4.55. The Bertz CT molecular complexity index is 994. The van der Waals surface area contributed by atoms with Crippen molar-refractivity contribution in [1.82, 2.24) is 24.2 Å². The Balaban J connectivity index is 1.63. The van der Waals surface area contributed by atoms with E-state index in [4.69, 9.17) is 11.6 Å². The number of hydrogen-bond donors (Lipinski definition) is 0. The molecule has 0 N–H and O–H groups in total. The van der Waals surface area contributed by atoms with Gasteiger partial charge in [0.25, 0.3) is 0 Å². The Morgan fingerprint density at radius 2 is 1.97 bits per heavy atom. The van der Waals surface area contributed by atoms with Crippen molar-refractivity contribution in [3.63, 3.8) is 0 Å². The fraction of sp³-hybridized carbons (Fsp3) is 0.556. The maximum Gasteiger partial charge on any atom is 0.417 e. The highest BCUT2D eigenvalue weighted by atomic mass is 35.5. The third kappa shape index (κ3) is 3.77. The van der Waals surface area contributed by atoms with Gasteiger partial charge in [-0.2, -0.15) is 18.3 Å². The maximum atomic E-state index is 12.9. The Morgan fingerprint density at radius 3 is 2.62 bits per heavy atom. The monoisotopic (exact) mass is 429 g/mol. The van der Waals surface area contributed by atoms with E-state index >= 15 is 0 Å². The van der Waals surface area contributed by atoms with E-state index < -0.39 is 23.5 Å². The van der Waals surface area contributed by atoms with Crippen molar-refractivity contribution in [1.29, 1.82) is 0 Å². The first-order chi connectivity index (χ1) is 13.8. The van der Waals surface area contributed by atoms with Crippen molar-refractivity contribution in [3.8, 4) is 0 Å². The molecule has 4 rings (SSSR count). The van der Waals surface area contributed by atoms with Crippen molar-refractivity contribution >= 4 is 17.5 Å². The van der Waals surface area contributed by atoms with Gasteiger partial charge in [-0.25, -0.2) is 9.48 Å². The summed E-state index contributed by atoms with van der Waals surface area (Å²) in [5.41, 5.74) is -1.33. The minimum absolute atomic E-state index is 0.0733. The first kappa shape index (κ1) is 19.9. The van der Waals surface area contributed by atoms with Crippen molar-refractivity contribution in [2.45, 2.75) is 50.9 Å². The van der Waals surface area contributed by atoms with Crippen LogP contribution in [0, 0.1) is 0 Å². The standard InChI is InChI=1S/C18H19ClF3N5O2/c19-12-8-11(18(20,21)22)9-23-13(12)10-26-17(29)27-14(4-3-5-15(27)24-26)16(28)25-6-1-2-7-25/h8-9,14H,1-7,10H2. The molecule has 1 saturated heterocycles. The first-order valence-electron chi connectivity index (χ1n) is 9.44. The second-order valence-corrected chi connectivity index (χ2v) is 7.72. The summed E-state index contributed by atoms with van der Waals surface area (Å²) in [6, 6.07) is 0.194. The Hall–Kier alpha value is -2.36. The van der Waals surface area contributed by atoms with Crippen LogP contribution >= 0.6 is 11.6 Å². The lowest BCUT2D eigenvalue weighted by atomic mass is 10.0. The van der Waals surface area contributed by atoms with Crippen LogP contribution in [0.5, 0.6) is 0 Å². The van der Waals surface area contributed by atoms with Crippen LogP contribution in [0.1, 0.15) is 48.8 Å². The summed E-state index contributed by atoms with van der Waals surface area (Å²) in [6.07, 6.45) is -0.104. The Kier molecular flexibility index (Phi) is 5.14. The molecule has 29 heavy (non-hydrogen) atoms. The molecular weight excluding hydrogens is 411 g/mol. The summed E-state index contributed by atoms with van der Waals surface area (Å²) >= 11 is 5.96. The zero-order chi connectivity index (χ0) is 20.8. The molecule has 0 aliphatic carbocycles. The van der Waals surface area contributed by atoms with Crippen LogP contribution in [0.4, 0.5) is 13.2 Å². The van der Waals surface area contributed by atoms with E-state index in [0.717, 1.165) is 30.0 Å². The van der Waals surface area contributed by atoms with Crippen molar-refractivity contribution in [3.05, 3.63) is 44.9 Å². The lowest BCUT2D eigenvalue weighted by Crippen LogP contribution is -2.41. The van der Waals surface area contributed by atoms with E-state index in [0.29, 0.717) is 38.0 Å². The summed E-state index contributed by atoms with van der Waals surface area (Å²) in [6.45, 7) is 1.22. The van der Waals surface area contributed by atoms with E-state index in [1.54, 1.807) is 4.90 Å². The van der Waals surface area contributed by atoms with Crippen LogP contribution in [-0.2, 0) is 23.9 Å². The van der Waals surface area contributed by atoms with Gasteiger partial charge in [-0.05, 0) is 31.7 Å². The predicted octanol–water partition coefficient (Wildman–Crippen LogP) is 2.66. The number of carbonyl (C=O) groups excluding carboxylic acids is 1. The fourth-order valence-electron chi connectivity index (χ4n) is 3.90. The molecule has 7 nitrogen and oxygen atoms in total. The number of amides is 1. The summed E-state index contributed by atoms with van der Waals surface area (Å²) < 4.78 is 40.9. The molecular formula is C18H19ClF3N5O2. The summed E-state index contributed by atoms with van der Waals surface area (Å²) in [7, 11) is 0. The molecule has 0 radical (unpaired) electrons. The zero-order valence-electron chi connectivity index (χ0n) is 15.5. The van der Waals surface area contributed by atoms with Gasteiger partial charge in [-0.3, -0.25) is 14.3 Å². The fourth-order valence-corrected chi connectivity index (χ4v) is 4.12. The molecule has 2 aromatic heterocycles. The maximum absolute atomic E-state index is 12.9. The number of aromatic nitrogens is 4. The van der Waals surface area contributed by atoms with Crippen LogP contribution in [0.3, 0.4) is 0 Å². The molecule has 1 atom stereocenters. The normalized spacial score (nSPS) is 19.4. The molecule has 1 unspecified atom stereocenters. The number of alkyl halides is 3. The number of pyridine rings is 1. The van der Waals surface area contributed by atoms with E-state index in [-0.39, 0.29) is 23.2 Å². The minimum Gasteiger partial charge on any atom is -0.341 e. The average molecular weight is 430 g/mol. The highest BCUT2D eigenvalue weighted by Gasteiger charge is 2.35. The van der Waals surface area contributed by atoms with Gasteiger partial charge in [-0.1, -0.05) is 11.6 Å². The largest absolute Gasteiger partial charge is 0.417 e. The smallest absolute Gasteiger partial charge is 0.341 e. The van der Waals surface area contributed by atoms with Gasteiger partial charge in [0.1, 0.15) is 11.9 Å². The second kappa shape index (κ2) is 7.47. The molecule has 1 amide bonds. The SMILES string of the molecule is O=C(C1CCCc2nn(Cc3ncc(C(F)(F)F)cc3Cl)c(=O)n21)N1CCCC1. The first-order valence-corrected chi connectivity index (χ1v) is 9.82. The van der Waals surface area contributed by atoms with Gasteiger partial charge in [0.15, 0.2) is 0 Å². The van der Waals surface area contributed by atoms with Crippen molar-refractivity contribution in [2.24, 2.45) is 0 Å². The lowest BCUT2D eigenvalue weighted by Gasteiger charge is -2.27. The Morgan fingerprint density at radius 1 is 1.24 bits per heavy atom. The van der Waals surface area contributed by atoms with Gasteiger partial charge < -0.3 is 4.90 Å². The van der Waals surface area contributed by atoms with Crippen LogP contribution in [-0.4, -0.2) is 43.2 Å². The predicted molar refractivity (Wildman–Crippen MR) is 97.6 cm³/mol. The number of nitrogens with zero attached hydrogens (tertiary/aromatic N) is 5. The highest BCUT2D eigenvalue weighted by molar-refractivity contribution is 6.31. The van der Waals surface area contributed by atoms with E-state index in [1.807, 2.05) is 0 Å². The van der Waals surface area contributed by atoms with Gasteiger partial charge in [0.05, 0.1) is 22.8 Å². The zero-order valence-corrected chi connectivity index (χ0v) is 16.2. The van der Waals surface area contributed by atoms with Crippen molar-refractivity contribution in [2.75, 3.05) is 13.1 Å². The summed E-state index contributed by atoms with van der Waals surface area (Å²) in [5, 5.41) is 4.10. The molecule has 1 fully saturated rings. The number of halogens is 4. The van der Waals surface area contributed by atoms with Crippen LogP contribution in [0.15, 0.2) is 17.1 Å². The molecule has 0 saturated carbocycles. The molecule has 0 spiro atoms. The topological polar surface area (TPSA) is 73.0 Å². The van der Waals surface area contributed by atoms with Crippen LogP contribution in [0.2, 0.25) is 5.02 Å².